The van der Waals surface area contributed by atoms with Crippen LogP contribution in [-0.4, -0.2) is 28.5 Å². The van der Waals surface area contributed by atoms with Crippen LogP contribution in [0.15, 0.2) is 12.4 Å². The average molecular weight is 209 g/mol. The predicted octanol–water partition coefficient (Wildman–Crippen LogP) is -0.762. The van der Waals surface area contributed by atoms with Crippen molar-refractivity contribution >= 4 is 11.7 Å². The van der Waals surface area contributed by atoms with E-state index in [1.54, 1.807) is 6.92 Å². The van der Waals surface area contributed by atoms with Crippen molar-refractivity contribution in [3.63, 3.8) is 0 Å². The molecule has 1 aliphatic rings. The standard InChI is InChI=1S/C8H11N5O2/c1-2-15-8(9)12-6-5(7(14)13-8)10-3-4-11-6/h3-4H,2,9H2,1H3,(H,11,12)(H,13,14). The van der Waals surface area contributed by atoms with Gasteiger partial charge in [-0.3, -0.25) is 15.8 Å². The molecule has 1 amide bonds. The molecule has 0 saturated heterocycles. The Morgan fingerprint density at radius 1 is 1.47 bits per heavy atom. The Hall–Kier alpha value is -1.73. The molecule has 0 spiro atoms. The van der Waals surface area contributed by atoms with Crippen LogP contribution in [0.2, 0.25) is 0 Å². The lowest BCUT2D eigenvalue weighted by Gasteiger charge is -2.34. The Morgan fingerprint density at radius 2 is 2.20 bits per heavy atom. The molecule has 1 atom stereocenters. The van der Waals surface area contributed by atoms with Gasteiger partial charge in [0.2, 0.25) is 0 Å². The monoisotopic (exact) mass is 209 g/mol. The molecular formula is C8H11N5O2. The van der Waals surface area contributed by atoms with E-state index in [0.717, 1.165) is 0 Å². The molecule has 0 aromatic carbocycles. The van der Waals surface area contributed by atoms with Crippen molar-refractivity contribution in [2.45, 2.75) is 12.9 Å². The molecule has 0 fully saturated rings. The Balaban J connectivity index is 2.34. The fourth-order valence-electron chi connectivity index (χ4n) is 1.33. The van der Waals surface area contributed by atoms with E-state index < -0.39 is 11.9 Å². The van der Waals surface area contributed by atoms with Crippen LogP contribution < -0.4 is 16.4 Å². The van der Waals surface area contributed by atoms with Gasteiger partial charge < -0.3 is 10.1 Å². The van der Waals surface area contributed by atoms with Crippen molar-refractivity contribution in [2.24, 2.45) is 5.73 Å². The third-order valence-electron chi connectivity index (χ3n) is 1.89. The molecule has 4 N–H and O–H groups in total. The molecule has 7 heteroatoms. The Kier molecular flexibility index (Phi) is 2.25. The minimum Gasteiger partial charge on any atom is -0.326 e. The molecule has 2 rings (SSSR count). The van der Waals surface area contributed by atoms with E-state index >= 15 is 0 Å². The van der Waals surface area contributed by atoms with Gasteiger partial charge in [-0.05, 0) is 6.92 Å². The third-order valence-corrected chi connectivity index (χ3v) is 1.89. The highest BCUT2D eigenvalue weighted by Crippen LogP contribution is 2.17. The van der Waals surface area contributed by atoms with Crippen molar-refractivity contribution in [3.05, 3.63) is 18.1 Å². The highest BCUT2D eigenvalue weighted by atomic mass is 16.5. The van der Waals surface area contributed by atoms with Gasteiger partial charge in [-0.25, -0.2) is 9.97 Å². The normalized spacial score (nSPS) is 24.0. The summed E-state index contributed by atoms with van der Waals surface area (Å²) < 4.78 is 5.16. The van der Waals surface area contributed by atoms with E-state index in [2.05, 4.69) is 20.6 Å². The van der Waals surface area contributed by atoms with Crippen molar-refractivity contribution < 1.29 is 9.53 Å². The number of anilines is 1. The summed E-state index contributed by atoms with van der Waals surface area (Å²) >= 11 is 0. The van der Waals surface area contributed by atoms with Crippen LogP contribution in [0.25, 0.3) is 0 Å². The molecule has 0 aliphatic carbocycles. The number of nitrogens with zero attached hydrogens (tertiary/aromatic N) is 2. The van der Waals surface area contributed by atoms with Gasteiger partial charge in [-0.2, -0.15) is 0 Å². The zero-order chi connectivity index (χ0) is 10.9. The lowest BCUT2D eigenvalue weighted by atomic mass is 10.3. The predicted molar refractivity (Wildman–Crippen MR) is 51.7 cm³/mol. The van der Waals surface area contributed by atoms with Crippen LogP contribution in [0.1, 0.15) is 17.4 Å². The molecule has 1 aliphatic heterocycles. The van der Waals surface area contributed by atoms with Gasteiger partial charge >= 0.3 is 0 Å². The number of amides is 1. The van der Waals surface area contributed by atoms with Crippen LogP contribution >= 0.6 is 0 Å². The first-order chi connectivity index (χ1) is 7.14. The van der Waals surface area contributed by atoms with Crippen molar-refractivity contribution in [1.82, 2.24) is 15.3 Å². The molecule has 1 unspecified atom stereocenters. The Bertz CT molecular complexity index is 396. The van der Waals surface area contributed by atoms with E-state index in [9.17, 15) is 4.79 Å². The van der Waals surface area contributed by atoms with Crippen molar-refractivity contribution in [1.29, 1.82) is 0 Å². The number of carbonyl (C=O) groups is 1. The maximum Gasteiger partial charge on any atom is 0.281 e. The summed E-state index contributed by atoms with van der Waals surface area (Å²) in [6.07, 6.45) is 2.90. The van der Waals surface area contributed by atoms with E-state index in [1.807, 2.05) is 0 Å². The minimum atomic E-state index is -1.41. The molecule has 0 radical (unpaired) electrons. The number of hydrogen-bond acceptors (Lipinski definition) is 6. The Morgan fingerprint density at radius 3 is 2.93 bits per heavy atom. The molecule has 15 heavy (non-hydrogen) atoms. The van der Waals surface area contributed by atoms with Crippen molar-refractivity contribution in [2.75, 3.05) is 11.9 Å². The van der Waals surface area contributed by atoms with Crippen LogP contribution in [0.5, 0.6) is 0 Å². The van der Waals surface area contributed by atoms with Gasteiger partial charge in [0.25, 0.3) is 11.9 Å². The van der Waals surface area contributed by atoms with Gasteiger partial charge in [0.15, 0.2) is 11.5 Å². The molecule has 0 bridgehead atoms. The molecular weight excluding hydrogens is 198 g/mol. The zero-order valence-electron chi connectivity index (χ0n) is 8.15. The minimum absolute atomic E-state index is 0.207. The summed E-state index contributed by atoms with van der Waals surface area (Å²) in [5, 5.41) is 5.21. The van der Waals surface area contributed by atoms with Crippen LogP contribution in [0.3, 0.4) is 0 Å². The second-order valence-electron chi connectivity index (χ2n) is 3.00. The van der Waals surface area contributed by atoms with E-state index in [0.29, 0.717) is 12.4 Å². The Labute approximate surface area is 86.0 Å². The highest BCUT2D eigenvalue weighted by Gasteiger charge is 2.36. The lowest BCUT2D eigenvalue weighted by Crippen LogP contribution is -2.66. The fourth-order valence-corrected chi connectivity index (χ4v) is 1.33. The highest BCUT2D eigenvalue weighted by molar-refractivity contribution is 5.98. The smallest absolute Gasteiger partial charge is 0.281 e. The van der Waals surface area contributed by atoms with E-state index in [1.165, 1.54) is 12.4 Å². The average Bonchev–Trinajstić information content (AvgIpc) is 2.17. The SMILES string of the molecule is CCOC1(N)NC(=O)c2nccnc2N1. The van der Waals surface area contributed by atoms with Gasteiger partial charge in [0.05, 0.1) is 0 Å². The second-order valence-corrected chi connectivity index (χ2v) is 3.00. The maximum atomic E-state index is 11.6. The number of carbonyl (C=O) groups excluding carboxylic acids is 1. The zero-order valence-corrected chi connectivity index (χ0v) is 8.15. The molecule has 80 valence electrons. The number of ether oxygens (including phenoxy) is 1. The molecule has 1 aromatic heterocycles. The fraction of sp³-hybridized carbons (Fsp3) is 0.375. The van der Waals surface area contributed by atoms with Crippen LogP contribution in [0, 0.1) is 0 Å². The third kappa shape index (κ3) is 1.74. The van der Waals surface area contributed by atoms with Crippen LogP contribution in [0.4, 0.5) is 5.82 Å². The maximum absolute atomic E-state index is 11.6. The summed E-state index contributed by atoms with van der Waals surface area (Å²) in [4.78, 5) is 19.4. The topological polar surface area (TPSA) is 102 Å². The lowest BCUT2D eigenvalue weighted by molar-refractivity contribution is -0.0354. The molecule has 7 nitrogen and oxygen atoms in total. The number of aromatic nitrogens is 2. The number of fused-ring (bicyclic) bond motifs is 1. The van der Waals surface area contributed by atoms with E-state index in [4.69, 9.17) is 10.5 Å². The number of nitrogens with one attached hydrogen (secondary N) is 2. The number of rotatable bonds is 2. The largest absolute Gasteiger partial charge is 0.326 e. The first-order valence-electron chi connectivity index (χ1n) is 4.49. The summed E-state index contributed by atoms with van der Waals surface area (Å²) in [5.74, 6) is -1.50. The van der Waals surface area contributed by atoms with E-state index in [-0.39, 0.29) is 5.69 Å². The molecule has 2 heterocycles. The van der Waals surface area contributed by atoms with Gasteiger partial charge in [-0.15, -0.1) is 0 Å². The number of nitrogens with two attached hydrogens (primary N) is 1. The van der Waals surface area contributed by atoms with Gasteiger partial charge in [0.1, 0.15) is 0 Å². The quantitative estimate of drug-likeness (QED) is 0.553. The van der Waals surface area contributed by atoms with Gasteiger partial charge in [0, 0.05) is 19.0 Å². The first-order valence-corrected chi connectivity index (χ1v) is 4.49. The number of hydrogen-bond donors (Lipinski definition) is 3. The van der Waals surface area contributed by atoms with Crippen LogP contribution in [-0.2, 0) is 4.74 Å². The summed E-state index contributed by atoms with van der Waals surface area (Å²) in [6, 6.07) is 0. The van der Waals surface area contributed by atoms with Gasteiger partial charge in [-0.1, -0.05) is 0 Å². The first kappa shape index (κ1) is 9.81. The summed E-state index contributed by atoms with van der Waals surface area (Å²) in [5.41, 5.74) is 5.95. The van der Waals surface area contributed by atoms with Crippen molar-refractivity contribution in [3.8, 4) is 0 Å². The summed E-state index contributed by atoms with van der Waals surface area (Å²) in [7, 11) is 0. The molecule has 0 saturated carbocycles. The second kappa shape index (κ2) is 3.44. The molecule has 1 aromatic rings. The summed E-state index contributed by atoms with van der Waals surface area (Å²) in [6.45, 7) is 2.13.